The van der Waals surface area contributed by atoms with Gasteiger partial charge < -0.3 is 4.42 Å². The van der Waals surface area contributed by atoms with E-state index in [1.54, 1.807) is 6.07 Å². The van der Waals surface area contributed by atoms with Gasteiger partial charge in [0.25, 0.3) is 0 Å². The fourth-order valence-corrected chi connectivity index (χ4v) is 3.05. The van der Waals surface area contributed by atoms with Crippen molar-refractivity contribution in [3.05, 3.63) is 67.4 Å². The molecule has 0 aliphatic rings. The molecule has 1 aromatic heterocycles. The van der Waals surface area contributed by atoms with Crippen molar-refractivity contribution in [2.75, 3.05) is 0 Å². The van der Waals surface area contributed by atoms with Gasteiger partial charge in [-0.05, 0) is 42.7 Å². The fraction of sp³-hybridized carbons (Fsp3) is 0.167. The molecule has 0 amide bonds. The second kappa shape index (κ2) is 5.90. The third kappa shape index (κ3) is 2.59. The lowest BCUT2D eigenvalue weighted by Gasteiger charge is -2.12. The van der Waals surface area contributed by atoms with Crippen molar-refractivity contribution < 1.29 is 4.42 Å². The average Bonchev–Trinajstić information content (AvgIpc) is 2.49. The van der Waals surface area contributed by atoms with Gasteiger partial charge in [-0.1, -0.05) is 46.6 Å². The van der Waals surface area contributed by atoms with E-state index in [4.69, 9.17) is 16.0 Å². The van der Waals surface area contributed by atoms with E-state index in [0.717, 1.165) is 26.5 Å². The zero-order valence-corrected chi connectivity index (χ0v) is 14.6. The Morgan fingerprint density at radius 1 is 1.18 bits per heavy atom. The van der Waals surface area contributed by atoms with Crippen LogP contribution in [0.15, 0.2) is 50.1 Å². The number of halogens is 2. The second-order valence-electron chi connectivity index (χ2n) is 5.20. The Morgan fingerprint density at radius 3 is 2.50 bits per heavy atom. The summed E-state index contributed by atoms with van der Waals surface area (Å²) in [5.41, 5.74) is 3.81. The van der Waals surface area contributed by atoms with Gasteiger partial charge >= 0.3 is 5.63 Å². The number of benzene rings is 2. The predicted molar refractivity (Wildman–Crippen MR) is 94.7 cm³/mol. The van der Waals surface area contributed by atoms with E-state index in [1.807, 2.05) is 44.2 Å². The SMILES string of the molecule is CCc1c(-c2ccc(Br)cc2)c2cc(C)c(Cl)cc2oc1=O. The molecule has 0 saturated carbocycles. The molecule has 1 heterocycles. The standard InChI is InChI=1S/C18H14BrClO2/c1-3-13-17(11-4-6-12(19)7-5-11)14-8-10(2)15(20)9-16(14)22-18(13)21/h4-9H,3H2,1-2H3. The molecule has 3 aromatic rings. The minimum Gasteiger partial charge on any atom is -0.422 e. The van der Waals surface area contributed by atoms with Crippen LogP contribution in [0.4, 0.5) is 0 Å². The topological polar surface area (TPSA) is 30.2 Å². The van der Waals surface area contributed by atoms with E-state index in [9.17, 15) is 4.79 Å². The smallest absolute Gasteiger partial charge is 0.340 e. The molecule has 0 atom stereocenters. The number of hydrogen-bond acceptors (Lipinski definition) is 2. The molecule has 0 spiro atoms. The summed E-state index contributed by atoms with van der Waals surface area (Å²) < 4.78 is 6.46. The van der Waals surface area contributed by atoms with Gasteiger partial charge in [0.15, 0.2) is 0 Å². The minimum absolute atomic E-state index is 0.298. The molecular formula is C18H14BrClO2. The molecule has 22 heavy (non-hydrogen) atoms. The predicted octanol–water partition coefficient (Wildman–Crippen LogP) is 5.75. The van der Waals surface area contributed by atoms with Crippen molar-refractivity contribution in [2.45, 2.75) is 20.3 Å². The van der Waals surface area contributed by atoms with Crippen molar-refractivity contribution in [3.8, 4) is 11.1 Å². The fourth-order valence-electron chi connectivity index (χ4n) is 2.64. The summed E-state index contributed by atoms with van der Waals surface area (Å²) >= 11 is 9.61. The first-order valence-corrected chi connectivity index (χ1v) is 8.20. The van der Waals surface area contributed by atoms with Gasteiger partial charge in [0.05, 0.1) is 0 Å². The van der Waals surface area contributed by atoms with Gasteiger partial charge in [0.2, 0.25) is 0 Å². The first kappa shape index (κ1) is 15.3. The van der Waals surface area contributed by atoms with Crippen LogP contribution in [-0.4, -0.2) is 0 Å². The normalized spacial score (nSPS) is 11.1. The molecule has 4 heteroatoms. The van der Waals surface area contributed by atoms with Crippen molar-refractivity contribution >= 4 is 38.5 Å². The maximum Gasteiger partial charge on any atom is 0.340 e. The van der Waals surface area contributed by atoms with Gasteiger partial charge in [-0.3, -0.25) is 0 Å². The molecule has 3 rings (SSSR count). The Balaban J connectivity index is 2.46. The molecule has 0 aliphatic heterocycles. The monoisotopic (exact) mass is 376 g/mol. The van der Waals surface area contributed by atoms with E-state index >= 15 is 0 Å². The lowest BCUT2D eigenvalue weighted by atomic mass is 9.95. The number of aryl methyl sites for hydroxylation is 1. The third-order valence-electron chi connectivity index (χ3n) is 3.77. The summed E-state index contributed by atoms with van der Waals surface area (Å²) in [6.07, 6.45) is 0.616. The van der Waals surface area contributed by atoms with E-state index in [0.29, 0.717) is 22.6 Å². The van der Waals surface area contributed by atoms with Gasteiger partial charge in [0.1, 0.15) is 5.58 Å². The maximum absolute atomic E-state index is 12.3. The van der Waals surface area contributed by atoms with Crippen molar-refractivity contribution in [1.82, 2.24) is 0 Å². The summed E-state index contributed by atoms with van der Waals surface area (Å²) in [4.78, 5) is 12.3. The summed E-state index contributed by atoms with van der Waals surface area (Å²) in [6.45, 7) is 3.91. The second-order valence-corrected chi connectivity index (χ2v) is 6.52. The highest BCUT2D eigenvalue weighted by Crippen LogP contribution is 2.34. The van der Waals surface area contributed by atoms with Crippen molar-refractivity contribution in [3.63, 3.8) is 0 Å². The van der Waals surface area contributed by atoms with Crippen LogP contribution in [-0.2, 0) is 6.42 Å². The quantitative estimate of drug-likeness (QED) is 0.532. The number of fused-ring (bicyclic) bond motifs is 1. The van der Waals surface area contributed by atoms with Crippen LogP contribution in [0.1, 0.15) is 18.1 Å². The number of hydrogen-bond donors (Lipinski definition) is 0. The van der Waals surface area contributed by atoms with Gasteiger partial charge in [-0.15, -0.1) is 0 Å². The van der Waals surface area contributed by atoms with Crippen LogP contribution in [0.3, 0.4) is 0 Å². The Hall–Kier alpha value is -1.58. The van der Waals surface area contributed by atoms with Gasteiger partial charge in [0, 0.05) is 32.1 Å². The first-order chi connectivity index (χ1) is 10.5. The Bertz CT molecular complexity index is 911. The van der Waals surface area contributed by atoms with Crippen LogP contribution in [0.5, 0.6) is 0 Å². The molecule has 0 saturated heterocycles. The van der Waals surface area contributed by atoms with E-state index in [2.05, 4.69) is 15.9 Å². The molecule has 2 nitrogen and oxygen atoms in total. The Morgan fingerprint density at radius 2 is 1.86 bits per heavy atom. The molecule has 0 aliphatic carbocycles. The summed E-state index contributed by atoms with van der Waals surface area (Å²) in [5.74, 6) is 0. The van der Waals surface area contributed by atoms with Crippen molar-refractivity contribution in [1.29, 1.82) is 0 Å². The van der Waals surface area contributed by atoms with E-state index in [-0.39, 0.29) is 5.63 Å². The molecule has 0 N–H and O–H groups in total. The molecule has 112 valence electrons. The van der Waals surface area contributed by atoms with Gasteiger partial charge in [-0.25, -0.2) is 4.79 Å². The highest BCUT2D eigenvalue weighted by Gasteiger charge is 2.16. The Kier molecular flexibility index (Phi) is 4.11. The summed E-state index contributed by atoms with van der Waals surface area (Å²) in [6, 6.07) is 11.6. The van der Waals surface area contributed by atoms with Crippen LogP contribution < -0.4 is 5.63 Å². The maximum atomic E-state index is 12.3. The molecule has 0 fully saturated rings. The lowest BCUT2D eigenvalue weighted by molar-refractivity contribution is 0.552. The zero-order valence-electron chi connectivity index (χ0n) is 12.2. The zero-order chi connectivity index (χ0) is 15.9. The third-order valence-corrected chi connectivity index (χ3v) is 4.70. The van der Waals surface area contributed by atoms with E-state index in [1.165, 1.54) is 0 Å². The molecule has 2 aromatic carbocycles. The molecule has 0 bridgehead atoms. The first-order valence-electron chi connectivity index (χ1n) is 7.03. The largest absolute Gasteiger partial charge is 0.422 e. The average molecular weight is 378 g/mol. The molecule has 0 unspecified atom stereocenters. The highest BCUT2D eigenvalue weighted by atomic mass is 79.9. The lowest BCUT2D eigenvalue weighted by Crippen LogP contribution is -2.09. The van der Waals surface area contributed by atoms with Crippen LogP contribution in [0, 0.1) is 6.92 Å². The van der Waals surface area contributed by atoms with Crippen molar-refractivity contribution in [2.24, 2.45) is 0 Å². The van der Waals surface area contributed by atoms with E-state index < -0.39 is 0 Å². The summed E-state index contributed by atoms with van der Waals surface area (Å²) in [5, 5.41) is 1.52. The minimum atomic E-state index is -0.298. The molecule has 0 radical (unpaired) electrons. The molecular weight excluding hydrogens is 364 g/mol. The summed E-state index contributed by atoms with van der Waals surface area (Å²) in [7, 11) is 0. The van der Waals surface area contributed by atoms with Crippen LogP contribution >= 0.6 is 27.5 Å². The number of rotatable bonds is 2. The highest BCUT2D eigenvalue weighted by molar-refractivity contribution is 9.10. The van der Waals surface area contributed by atoms with Crippen LogP contribution in [0.2, 0.25) is 5.02 Å². The van der Waals surface area contributed by atoms with Crippen LogP contribution in [0.25, 0.3) is 22.1 Å². The van der Waals surface area contributed by atoms with Gasteiger partial charge in [-0.2, -0.15) is 0 Å². The Labute approximate surface area is 141 Å².